The number of benzene rings is 2. The van der Waals surface area contributed by atoms with Crippen molar-refractivity contribution in [1.29, 1.82) is 0 Å². The third-order valence-corrected chi connectivity index (χ3v) is 4.29. The first-order valence-electron chi connectivity index (χ1n) is 9.46. The topological polar surface area (TPSA) is 67.8 Å². The van der Waals surface area contributed by atoms with Crippen LogP contribution in [0.1, 0.15) is 16.8 Å². The van der Waals surface area contributed by atoms with Gasteiger partial charge in [-0.05, 0) is 47.5 Å². The third-order valence-electron chi connectivity index (χ3n) is 4.29. The van der Waals surface area contributed by atoms with Crippen LogP contribution in [-0.4, -0.2) is 25.1 Å². The number of nitrogens with zero attached hydrogens (tertiary/aromatic N) is 2. The van der Waals surface area contributed by atoms with Gasteiger partial charge in [-0.25, -0.2) is 0 Å². The SMILES string of the molecule is CN=C(NCc1cccc(OC)c1)NCc1cccc(OCc2ccccn2)c1. The molecule has 0 aliphatic rings. The Labute approximate surface area is 171 Å². The average molecular weight is 390 g/mol. The summed E-state index contributed by atoms with van der Waals surface area (Å²) in [6, 6.07) is 21.8. The van der Waals surface area contributed by atoms with Crippen molar-refractivity contribution in [1.82, 2.24) is 15.6 Å². The number of methoxy groups -OCH3 is 1. The second-order valence-corrected chi connectivity index (χ2v) is 6.39. The maximum absolute atomic E-state index is 5.85. The molecule has 0 atom stereocenters. The van der Waals surface area contributed by atoms with E-state index in [1.165, 1.54) is 0 Å². The third kappa shape index (κ3) is 6.53. The Kier molecular flexibility index (Phi) is 7.46. The molecule has 2 aromatic carbocycles. The minimum absolute atomic E-state index is 0.446. The van der Waals surface area contributed by atoms with E-state index in [1.54, 1.807) is 20.4 Å². The quantitative estimate of drug-likeness (QED) is 0.455. The predicted octanol–water partition coefficient (Wildman–Crippen LogP) is 3.53. The van der Waals surface area contributed by atoms with Crippen LogP contribution in [0.4, 0.5) is 0 Å². The fourth-order valence-electron chi connectivity index (χ4n) is 2.76. The van der Waals surface area contributed by atoms with Crippen molar-refractivity contribution in [3.63, 3.8) is 0 Å². The standard InChI is InChI=1S/C23H26N4O2/c1-24-23(26-15-18-7-5-10-21(13-18)28-2)27-16-19-8-6-11-22(14-19)29-17-20-9-3-4-12-25-20/h3-14H,15-17H2,1-2H3,(H2,24,26,27). The molecule has 0 saturated heterocycles. The molecule has 0 aliphatic carbocycles. The summed E-state index contributed by atoms with van der Waals surface area (Å²) in [5.74, 6) is 2.39. The molecule has 6 nitrogen and oxygen atoms in total. The summed E-state index contributed by atoms with van der Waals surface area (Å²) < 4.78 is 11.1. The highest BCUT2D eigenvalue weighted by Gasteiger charge is 2.02. The molecular formula is C23H26N4O2. The van der Waals surface area contributed by atoms with Gasteiger partial charge < -0.3 is 20.1 Å². The van der Waals surface area contributed by atoms with Crippen LogP contribution in [0.25, 0.3) is 0 Å². The van der Waals surface area contributed by atoms with Crippen LogP contribution < -0.4 is 20.1 Å². The molecule has 29 heavy (non-hydrogen) atoms. The van der Waals surface area contributed by atoms with Gasteiger partial charge in [-0.2, -0.15) is 0 Å². The Hall–Kier alpha value is -3.54. The number of pyridine rings is 1. The molecule has 0 radical (unpaired) electrons. The second-order valence-electron chi connectivity index (χ2n) is 6.39. The summed E-state index contributed by atoms with van der Waals surface area (Å²) in [6.45, 7) is 1.74. The summed E-state index contributed by atoms with van der Waals surface area (Å²) in [4.78, 5) is 8.56. The van der Waals surface area contributed by atoms with Crippen LogP contribution in [0.5, 0.6) is 11.5 Å². The van der Waals surface area contributed by atoms with Gasteiger partial charge in [-0.1, -0.05) is 30.3 Å². The number of hydrogen-bond donors (Lipinski definition) is 2. The van der Waals surface area contributed by atoms with Gasteiger partial charge in [0.15, 0.2) is 5.96 Å². The van der Waals surface area contributed by atoms with E-state index in [-0.39, 0.29) is 0 Å². The van der Waals surface area contributed by atoms with E-state index in [9.17, 15) is 0 Å². The molecule has 3 rings (SSSR count). The van der Waals surface area contributed by atoms with Crippen LogP contribution in [0.15, 0.2) is 77.9 Å². The Morgan fingerprint density at radius 3 is 2.21 bits per heavy atom. The summed E-state index contributed by atoms with van der Waals surface area (Å²) >= 11 is 0. The maximum atomic E-state index is 5.85. The van der Waals surface area contributed by atoms with Crippen molar-refractivity contribution in [2.24, 2.45) is 4.99 Å². The van der Waals surface area contributed by atoms with Crippen molar-refractivity contribution >= 4 is 5.96 Å². The normalized spacial score (nSPS) is 11.0. The first-order valence-corrected chi connectivity index (χ1v) is 9.46. The summed E-state index contributed by atoms with van der Waals surface area (Å²) in [7, 11) is 3.43. The van der Waals surface area contributed by atoms with Gasteiger partial charge in [0.2, 0.25) is 0 Å². The Balaban J connectivity index is 1.50. The van der Waals surface area contributed by atoms with E-state index in [4.69, 9.17) is 9.47 Å². The Bertz CT molecular complexity index is 929. The molecule has 0 aliphatic heterocycles. The molecule has 0 bridgehead atoms. The molecule has 150 valence electrons. The van der Waals surface area contributed by atoms with Crippen LogP contribution in [0, 0.1) is 0 Å². The lowest BCUT2D eigenvalue weighted by atomic mass is 10.2. The van der Waals surface area contributed by atoms with Crippen LogP contribution >= 0.6 is 0 Å². The van der Waals surface area contributed by atoms with E-state index in [0.717, 1.165) is 34.3 Å². The molecule has 0 fully saturated rings. The van der Waals surface area contributed by atoms with Crippen molar-refractivity contribution in [3.05, 3.63) is 89.7 Å². The Morgan fingerprint density at radius 1 is 0.897 bits per heavy atom. The van der Waals surface area contributed by atoms with Gasteiger partial charge >= 0.3 is 0 Å². The van der Waals surface area contributed by atoms with Crippen molar-refractivity contribution in [2.75, 3.05) is 14.2 Å². The summed E-state index contributed by atoms with van der Waals surface area (Å²) in [5.41, 5.74) is 3.13. The highest BCUT2D eigenvalue weighted by atomic mass is 16.5. The van der Waals surface area contributed by atoms with Gasteiger partial charge in [0, 0.05) is 26.3 Å². The van der Waals surface area contributed by atoms with Gasteiger partial charge in [0.1, 0.15) is 18.1 Å². The lowest BCUT2D eigenvalue weighted by Crippen LogP contribution is -2.36. The number of rotatable bonds is 8. The van der Waals surface area contributed by atoms with E-state index in [1.807, 2.05) is 60.7 Å². The highest BCUT2D eigenvalue weighted by molar-refractivity contribution is 5.79. The van der Waals surface area contributed by atoms with Crippen molar-refractivity contribution < 1.29 is 9.47 Å². The molecule has 0 spiro atoms. The number of hydrogen-bond acceptors (Lipinski definition) is 4. The van der Waals surface area contributed by atoms with E-state index in [0.29, 0.717) is 19.7 Å². The zero-order valence-electron chi connectivity index (χ0n) is 16.8. The molecule has 0 unspecified atom stereocenters. The monoisotopic (exact) mass is 390 g/mol. The van der Waals surface area contributed by atoms with Crippen LogP contribution in [-0.2, 0) is 19.7 Å². The van der Waals surface area contributed by atoms with Gasteiger partial charge in [-0.3, -0.25) is 9.98 Å². The summed E-state index contributed by atoms with van der Waals surface area (Å²) in [5, 5.41) is 6.64. The van der Waals surface area contributed by atoms with E-state index >= 15 is 0 Å². The number of aliphatic imine (C=N–C) groups is 1. The molecule has 0 amide bonds. The number of ether oxygens (including phenoxy) is 2. The number of guanidine groups is 1. The van der Waals surface area contributed by atoms with Gasteiger partial charge in [0.05, 0.1) is 12.8 Å². The second kappa shape index (κ2) is 10.7. The zero-order chi connectivity index (χ0) is 20.3. The minimum Gasteiger partial charge on any atom is -0.497 e. The van der Waals surface area contributed by atoms with Crippen molar-refractivity contribution in [3.8, 4) is 11.5 Å². The molecule has 0 saturated carbocycles. The van der Waals surface area contributed by atoms with E-state index in [2.05, 4.69) is 26.7 Å². The fraction of sp³-hybridized carbons (Fsp3) is 0.217. The highest BCUT2D eigenvalue weighted by Crippen LogP contribution is 2.15. The molecular weight excluding hydrogens is 364 g/mol. The predicted molar refractivity (Wildman–Crippen MR) is 115 cm³/mol. The zero-order valence-corrected chi connectivity index (χ0v) is 16.8. The van der Waals surface area contributed by atoms with Gasteiger partial charge in [-0.15, -0.1) is 0 Å². The molecule has 1 heterocycles. The number of nitrogens with one attached hydrogen (secondary N) is 2. The first kappa shape index (κ1) is 20.2. The maximum Gasteiger partial charge on any atom is 0.191 e. The molecule has 2 N–H and O–H groups in total. The first-order chi connectivity index (χ1) is 14.3. The molecule has 1 aromatic heterocycles. The lowest BCUT2D eigenvalue weighted by Gasteiger charge is -2.13. The Morgan fingerprint density at radius 2 is 1.59 bits per heavy atom. The van der Waals surface area contributed by atoms with Crippen LogP contribution in [0.3, 0.4) is 0 Å². The van der Waals surface area contributed by atoms with Crippen molar-refractivity contribution in [2.45, 2.75) is 19.7 Å². The average Bonchev–Trinajstić information content (AvgIpc) is 2.79. The fourth-order valence-corrected chi connectivity index (χ4v) is 2.76. The van der Waals surface area contributed by atoms with Gasteiger partial charge in [0.25, 0.3) is 0 Å². The molecule has 3 aromatic rings. The smallest absolute Gasteiger partial charge is 0.191 e. The van der Waals surface area contributed by atoms with Crippen LogP contribution in [0.2, 0.25) is 0 Å². The lowest BCUT2D eigenvalue weighted by molar-refractivity contribution is 0.301. The van der Waals surface area contributed by atoms with E-state index < -0.39 is 0 Å². The summed E-state index contributed by atoms with van der Waals surface area (Å²) in [6.07, 6.45) is 1.77. The molecule has 6 heteroatoms. The number of aromatic nitrogens is 1. The minimum atomic E-state index is 0.446. The largest absolute Gasteiger partial charge is 0.497 e.